The molecule has 0 N–H and O–H groups in total. The first-order valence-electron chi connectivity index (χ1n) is 4.83. The maximum absolute atomic E-state index is 10.8. The molecule has 0 bridgehead atoms. The lowest BCUT2D eigenvalue weighted by molar-refractivity contribution is 0.111. The minimum Gasteiger partial charge on any atom is -0.340 e. The number of aromatic nitrogens is 1. The Bertz CT molecular complexity index is 711. The van der Waals surface area contributed by atoms with Crippen molar-refractivity contribution in [2.75, 3.05) is 0 Å². The first-order valence-corrected chi connectivity index (χ1v) is 6.03. The third-order valence-electron chi connectivity index (χ3n) is 2.77. The van der Waals surface area contributed by atoms with E-state index in [1.165, 1.54) is 0 Å². The third-order valence-corrected chi connectivity index (χ3v) is 4.10. The number of rotatable bonds is 1. The van der Waals surface area contributed by atoms with Gasteiger partial charge in [0.25, 0.3) is 0 Å². The van der Waals surface area contributed by atoms with Crippen molar-refractivity contribution in [3.8, 4) is 0 Å². The Morgan fingerprint density at radius 1 is 1.31 bits per heavy atom. The summed E-state index contributed by atoms with van der Waals surface area (Å²) in [4.78, 5) is 10.8. The summed E-state index contributed by atoms with van der Waals surface area (Å²) in [6.45, 7) is 0. The van der Waals surface area contributed by atoms with Gasteiger partial charge in [-0.05, 0) is 24.3 Å². The van der Waals surface area contributed by atoms with E-state index in [1.807, 2.05) is 35.9 Å². The highest BCUT2D eigenvalue weighted by molar-refractivity contribution is 7.25. The summed E-state index contributed by atoms with van der Waals surface area (Å²) in [6.07, 6.45) is 0.883. The average molecular weight is 250 g/mol. The zero-order chi connectivity index (χ0) is 11.3. The Hall–Kier alpha value is -1.32. The van der Waals surface area contributed by atoms with Crippen LogP contribution < -0.4 is 0 Å². The lowest BCUT2D eigenvalue weighted by atomic mass is 10.2. The first-order chi connectivity index (χ1) is 7.70. The molecular formula is C12H8ClNOS. The third kappa shape index (κ3) is 1.22. The Kier molecular flexibility index (Phi) is 2.06. The Morgan fingerprint density at radius 3 is 2.88 bits per heavy atom. The summed E-state index contributed by atoms with van der Waals surface area (Å²) in [7, 11) is 1.91. The van der Waals surface area contributed by atoms with Crippen LogP contribution >= 0.6 is 22.9 Å². The van der Waals surface area contributed by atoms with Gasteiger partial charge in [0.1, 0.15) is 0 Å². The number of carbonyl (C=O) groups is 1. The molecule has 3 rings (SSSR count). The summed E-state index contributed by atoms with van der Waals surface area (Å²) in [5, 5.41) is 1.90. The molecule has 0 atom stereocenters. The second kappa shape index (κ2) is 3.34. The van der Waals surface area contributed by atoms with Crippen molar-refractivity contribution >= 4 is 49.5 Å². The van der Waals surface area contributed by atoms with Crippen LogP contribution in [0.2, 0.25) is 5.02 Å². The van der Waals surface area contributed by atoms with Crippen molar-refractivity contribution in [2.24, 2.45) is 7.05 Å². The lowest BCUT2D eigenvalue weighted by Gasteiger charge is -1.97. The molecule has 2 heterocycles. The Morgan fingerprint density at radius 2 is 2.12 bits per heavy atom. The molecule has 1 aromatic carbocycles. The van der Waals surface area contributed by atoms with Gasteiger partial charge in [0.05, 0.1) is 15.9 Å². The minimum atomic E-state index is 0.707. The van der Waals surface area contributed by atoms with Crippen LogP contribution in [0.1, 0.15) is 10.5 Å². The van der Waals surface area contributed by atoms with Gasteiger partial charge >= 0.3 is 0 Å². The smallest absolute Gasteiger partial charge is 0.166 e. The molecule has 2 nitrogen and oxygen atoms in total. The van der Waals surface area contributed by atoms with Crippen molar-refractivity contribution < 1.29 is 4.79 Å². The number of fused-ring (bicyclic) bond motifs is 3. The number of benzene rings is 1. The first kappa shape index (κ1) is 9.87. The predicted octanol–water partition coefficient (Wildman–Crippen LogP) is 3.86. The van der Waals surface area contributed by atoms with Gasteiger partial charge in [0.15, 0.2) is 6.29 Å². The van der Waals surface area contributed by atoms with E-state index in [0.29, 0.717) is 5.69 Å². The van der Waals surface area contributed by atoms with Gasteiger partial charge in [0.2, 0.25) is 0 Å². The molecule has 0 saturated carbocycles. The van der Waals surface area contributed by atoms with Gasteiger partial charge in [-0.15, -0.1) is 11.3 Å². The van der Waals surface area contributed by atoms with Crippen molar-refractivity contribution in [2.45, 2.75) is 0 Å². The molecule has 16 heavy (non-hydrogen) atoms. The van der Waals surface area contributed by atoms with E-state index in [1.54, 1.807) is 11.3 Å². The number of hydrogen-bond donors (Lipinski definition) is 0. The summed E-state index contributed by atoms with van der Waals surface area (Å²) < 4.78 is 4.21. The van der Waals surface area contributed by atoms with Gasteiger partial charge in [-0.1, -0.05) is 11.6 Å². The number of nitrogens with zero attached hydrogens (tertiary/aromatic N) is 1. The van der Waals surface area contributed by atoms with Gasteiger partial charge in [-0.25, -0.2) is 0 Å². The van der Waals surface area contributed by atoms with E-state index in [2.05, 4.69) is 0 Å². The predicted molar refractivity (Wildman–Crippen MR) is 68.7 cm³/mol. The maximum Gasteiger partial charge on any atom is 0.166 e. The molecule has 0 aliphatic heterocycles. The van der Waals surface area contributed by atoms with Gasteiger partial charge in [0, 0.05) is 22.2 Å². The SMILES string of the molecule is Cn1c(C=O)cc2sc3cc(Cl)ccc3c21. The van der Waals surface area contributed by atoms with Crippen LogP contribution in [0.25, 0.3) is 20.3 Å². The fourth-order valence-electron chi connectivity index (χ4n) is 1.99. The molecule has 0 saturated heterocycles. The normalized spacial score (nSPS) is 11.4. The Balaban J connectivity index is 2.51. The van der Waals surface area contributed by atoms with E-state index < -0.39 is 0 Å². The van der Waals surface area contributed by atoms with Crippen molar-refractivity contribution in [3.05, 3.63) is 35.0 Å². The highest BCUT2D eigenvalue weighted by atomic mass is 35.5. The van der Waals surface area contributed by atoms with E-state index in [4.69, 9.17) is 11.6 Å². The summed E-state index contributed by atoms with van der Waals surface area (Å²) >= 11 is 7.62. The van der Waals surface area contributed by atoms with Crippen LogP contribution in [-0.4, -0.2) is 10.9 Å². The fraction of sp³-hybridized carbons (Fsp3) is 0.0833. The van der Waals surface area contributed by atoms with Gasteiger partial charge in [-0.2, -0.15) is 0 Å². The molecule has 3 aromatic rings. The summed E-state index contributed by atoms with van der Waals surface area (Å²) in [5.74, 6) is 0. The van der Waals surface area contributed by atoms with Gasteiger partial charge in [-0.3, -0.25) is 4.79 Å². The van der Waals surface area contributed by atoms with E-state index in [-0.39, 0.29) is 0 Å². The fourth-order valence-corrected chi connectivity index (χ4v) is 3.45. The number of halogens is 1. The van der Waals surface area contributed by atoms with Crippen LogP contribution in [0.4, 0.5) is 0 Å². The summed E-state index contributed by atoms with van der Waals surface area (Å²) in [5.41, 5.74) is 1.82. The van der Waals surface area contributed by atoms with Crippen molar-refractivity contribution in [1.29, 1.82) is 0 Å². The molecule has 4 heteroatoms. The molecule has 0 aliphatic rings. The topological polar surface area (TPSA) is 22.0 Å². The average Bonchev–Trinajstić information content (AvgIpc) is 2.75. The molecule has 0 fully saturated rings. The zero-order valence-electron chi connectivity index (χ0n) is 8.53. The number of thiophene rings is 1. The molecule has 0 amide bonds. The second-order valence-corrected chi connectivity index (χ2v) is 5.22. The maximum atomic E-state index is 10.8. The summed E-state index contributed by atoms with van der Waals surface area (Å²) in [6, 6.07) is 7.76. The van der Waals surface area contributed by atoms with E-state index in [0.717, 1.165) is 31.6 Å². The molecule has 0 unspecified atom stereocenters. The van der Waals surface area contributed by atoms with Crippen LogP contribution in [0, 0.1) is 0 Å². The van der Waals surface area contributed by atoms with E-state index in [9.17, 15) is 4.79 Å². The molecule has 0 aliphatic carbocycles. The van der Waals surface area contributed by atoms with Crippen LogP contribution in [-0.2, 0) is 7.05 Å². The standard InChI is InChI=1S/C12H8ClNOS/c1-14-8(6-15)5-11-12(14)9-3-2-7(13)4-10(9)16-11/h2-6H,1H3. The van der Waals surface area contributed by atoms with Crippen molar-refractivity contribution in [1.82, 2.24) is 4.57 Å². The van der Waals surface area contributed by atoms with Crippen LogP contribution in [0.15, 0.2) is 24.3 Å². The van der Waals surface area contributed by atoms with E-state index >= 15 is 0 Å². The van der Waals surface area contributed by atoms with Crippen LogP contribution in [0.5, 0.6) is 0 Å². The largest absolute Gasteiger partial charge is 0.340 e. The molecule has 0 spiro atoms. The van der Waals surface area contributed by atoms with Crippen molar-refractivity contribution in [3.63, 3.8) is 0 Å². The molecule has 2 aromatic heterocycles. The van der Waals surface area contributed by atoms with Crippen LogP contribution in [0.3, 0.4) is 0 Å². The molecule has 0 radical (unpaired) electrons. The second-order valence-electron chi connectivity index (χ2n) is 3.70. The number of carbonyl (C=O) groups excluding carboxylic acids is 1. The van der Waals surface area contributed by atoms with Gasteiger partial charge < -0.3 is 4.57 Å². The molecule has 80 valence electrons. The number of aldehydes is 1. The monoisotopic (exact) mass is 249 g/mol. The number of hydrogen-bond acceptors (Lipinski definition) is 2. The Labute approximate surface area is 101 Å². The molecular weight excluding hydrogens is 242 g/mol. The number of aryl methyl sites for hydroxylation is 1. The minimum absolute atomic E-state index is 0.707. The zero-order valence-corrected chi connectivity index (χ0v) is 10.1. The quantitative estimate of drug-likeness (QED) is 0.601. The lowest BCUT2D eigenvalue weighted by Crippen LogP contribution is -1.93. The highest BCUT2D eigenvalue weighted by Crippen LogP contribution is 2.36. The highest BCUT2D eigenvalue weighted by Gasteiger charge is 2.11.